The predicted molar refractivity (Wildman–Crippen MR) is 157 cm³/mol. The second-order valence-electron chi connectivity index (χ2n) is 14.2. The van der Waals surface area contributed by atoms with Gasteiger partial charge < -0.3 is 16.2 Å². The van der Waals surface area contributed by atoms with Crippen LogP contribution < -0.4 is 11.5 Å². The molecule has 3 heteroatoms. The Balaban J connectivity index is 1.12. The molecule has 0 amide bonds. The third-order valence-corrected chi connectivity index (χ3v) is 12.3. The first kappa shape index (κ1) is 26.9. The number of fused-ring (bicyclic) bond motifs is 5. The van der Waals surface area contributed by atoms with Crippen LogP contribution in [0.4, 0.5) is 11.4 Å². The maximum Gasteiger partial charge on any atom is 0.114 e. The molecular formula is C34H54N2O. The van der Waals surface area contributed by atoms with Crippen LogP contribution in [0.1, 0.15) is 117 Å². The summed E-state index contributed by atoms with van der Waals surface area (Å²) >= 11 is 0. The molecule has 8 atom stereocenters. The normalized spacial score (nSPS) is 38.4. The molecule has 206 valence electrons. The standard InChI is InChI=1S/C34H54N2O/c1-23(21-37-22-25-11-13-27(35)20-32(25)36)8-7-9-24(2)29-15-16-30-28-14-12-26-10-5-6-18-33(26,3)31(28)17-19-34(29,30)4/h11,13,20-21,24,26,28-31H,5-10,12,14-19,22,35-36H2,1-4H3/t24-,26?,28+,29-,30+,31+,33+,34-/m1/s1. The third kappa shape index (κ3) is 5.18. The third-order valence-electron chi connectivity index (χ3n) is 12.3. The predicted octanol–water partition coefficient (Wildman–Crippen LogP) is 9.13. The van der Waals surface area contributed by atoms with E-state index in [1.165, 1.54) is 82.6 Å². The molecule has 4 N–H and O–H groups in total. The highest BCUT2D eigenvalue weighted by Crippen LogP contribution is 2.68. The Kier molecular flexibility index (Phi) is 7.90. The Labute approximate surface area is 227 Å². The van der Waals surface area contributed by atoms with E-state index in [9.17, 15) is 0 Å². The van der Waals surface area contributed by atoms with E-state index in [4.69, 9.17) is 16.2 Å². The molecule has 3 nitrogen and oxygen atoms in total. The van der Waals surface area contributed by atoms with Crippen molar-refractivity contribution in [2.24, 2.45) is 46.3 Å². The Morgan fingerprint density at radius 3 is 2.62 bits per heavy atom. The van der Waals surface area contributed by atoms with Gasteiger partial charge in [-0.1, -0.05) is 46.1 Å². The summed E-state index contributed by atoms with van der Waals surface area (Å²) in [6.45, 7) is 10.7. The second kappa shape index (κ2) is 10.9. The smallest absolute Gasteiger partial charge is 0.114 e. The van der Waals surface area contributed by atoms with Crippen molar-refractivity contribution in [3.05, 3.63) is 35.6 Å². The van der Waals surface area contributed by atoms with Crippen LogP contribution in [0.3, 0.4) is 0 Å². The van der Waals surface area contributed by atoms with Crippen LogP contribution in [-0.2, 0) is 11.3 Å². The summed E-state index contributed by atoms with van der Waals surface area (Å²) in [6.07, 6.45) is 20.8. The zero-order valence-corrected chi connectivity index (χ0v) is 24.2. The van der Waals surface area contributed by atoms with Gasteiger partial charge in [0.15, 0.2) is 0 Å². The quantitative estimate of drug-likeness (QED) is 0.273. The van der Waals surface area contributed by atoms with Crippen LogP contribution >= 0.6 is 0 Å². The Morgan fingerprint density at radius 2 is 1.81 bits per heavy atom. The number of ether oxygens (including phenoxy) is 1. The molecule has 0 radical (unpaired) electrons. The molecule has 4 aliphatic rings. The van der Waals surface area contributed by atoms with Crippen LogP contribution in [0, 0.1) is 46.3 Å². The molecule has 0 aliphatic heterocycles. The minimum atomic E-state index is 0.504. The van der Waals surface area contributed by atoms with Gasteiger partial charge in [-0.15, -0.1) is 0 Å². The fraction of sp³-hybridized carbons (Fsp3) is 0.765. The van der Waals surface area contributed by atoms with E-state index in [1.54, 1.807) is 6.07 Å². The van der Waals surface area contributed by atoms with Gasteiger partial charge in [0.2, 0.25) is 0 Å². The summed E-state index contributed by atoms with van der Waals surface area (Å²) in [5, 5.41) is 0. The molecule has 5 rings (SSSR count). The molecule has 0 bridgehead atoms. The van der Waals surface area contributed by atoms with E-state index in [0.29, 0.717) is 28.8 Å². The van der Waals surface area contributed by atoms with Crippen LogP contribution in [0.15, 0.2) is 30.0 Å². The van der Waals surface area contributed by atoms with Gasteiger partial charge in [-0.3, -0.25) is 0 Å². The molecule has 1 unspecified atom stereocenters. The maximum atomic E-state index is 6.06. The number of allylic oxidation sites excluding steroid dienone is 1. The minimum absolute atomic E-state index is 0.504. The van der Waals surface area contributed by atoms with Crippen LogP contribution in [0.25, 0.3) is 0 Å². The van der Waals surface area contributed by atoms with E-state index in [0.717, 1.165) is 47.5 Å². The average molecular weight is 507 g/mol. The van der Waals surface area contributed by atoms with Gasteiger partial charge in [-0.25, -0.2) is 0 Å². The van der Waals surface area contributed by atoms with E-state index >= 15 is 0 Å². The van der Waals surface area contributed by atoms with E-state index in [-0.39, 0.29) is 0 Å². The molecule has 0 aromatic heterocycles. The van der Waals surface area contributed by atoms with Crippen molar-refractivity contribution in [1.29, 1.82) is 0 Å². The first-order valence-electron chi connectivity index (χ1n) is 15.6. The highest BCUT2D eigenvalue weighted by Gasteiger charge is 2.60. The Morgan fingerprint density at radius 1 is 1.00 bits per heavy atom. The van der Waals surface area contributed by atoms with Crippen LogP contribution in [-0.4, -0.2) is 0 Å². The van der Waals surface area contributed by atoms with Crippen molar-refractivity contribution in [3.8, 4) is 0 Å². The van der Waals surface area contributed by atoms with Crippen LogP contribution in [0.5, 0.6) is 0 Å². The summed E-state index contributed by atoms with van der Waals surface area (Å²) in [7, 11) is 0. The Bertz CT molecular complexity index is 971. The van der Waals surface area contributed by atoms with E-state index < -0.39 is 0 Å². The summed E-state index contributed by atoms with van der Waals surface area (Å²) in [4.78, 5) is 0. The van der Waals surface area contributed by atoms with Gasteiger partial charge in [0.05, 0.1) is 6.26 Å². The summed E-state index contributed by atoms with van der Waals surface area (Å²) < 4.78 is 5.86. The molecule has 1 aromatic carbocycles. The van der Waals surface area contributed by atoms with Gasteiger partial charge in [0.1, 0.15) is 6.61 Å². The SMILES string of the molecule is CC(=COCc1ccc(N)cc1N)CCC[C@@H](C)[C@H]1CC[C@H]2[C@@H]3CCC4CCCC[C@]4(C)[C@H]3CC[C@]12C. The molecule has 4 aliphatic carbocycles. The molecule has 4 saturated carbocycles. The van der Waals surface area contributed by atoms with Gasteiger partial charge >= 0.3 is 0 Å². The minimum Gasteiger partial charge on any atom is -0.496 e. The lowest BCUT2D eigenvalue weighted by atomic mass is 9.44. The molecule has 0 saturated heterocycles. The van der Waals surface area contributed by atoms with Crippen molar-refractivity contribution in [2.75, 3.05) is 11.5 Å². The molecule has 37 heavy (non-hydrogen) atoms. The number of rotatable bonds is 8. The average Bonchev–Trinajstić information content (AvgIpc) is 3.22. The topological polar surface area (TPSA) is 61.3 Å². The van der Waals surface area contributed by atoms with Crippen molar-refractivity contribution in [2.45, 2.75) is 118 Å². The summed E-state index contributed by atoms with van der Waals surface area (Å²) in [5.41, 5.74) is 16.8. The first-order valence-corrected chi connectivity index (χ1v) is 15.6. The maximum absolute atomic E-state index is 6.06. The molecular weight excluding hydrogens is 452 g/mol. The fourth-order valence-corrected chi connectivity index (χ4v) is 10.3. The number of hydrogen-bond donors (Lipinski definition) is 2. The van der Waals surface area contributed by atoms with Crippen LogP contribution in [0.2, 0.25) is 0 Å². The molecule has 4 fully saturated rings. The van der Waals surface area contributed by atoms with Crippen molar-refractivity contribution >= 4 is 11.4 Å². The lowest BCUT2D eigenvalue weighted by Crippen LogP contribution is -2.53. The van der Waals surface area contributed by atoms with Gasteiger partial charge in [-0.2, -0.15) is 0 Å². The van der Waals surface area contributed by atoms with Crippen molar-refractivity contribution < 1.29 is 4.74 Å². The van der Waals surface area contributed by atoms with E-state index in [2.05, 4.69) is 27.7 Å². The van der Waals surface area contributed by atoms with Crippen molar-refractivity contribution in [1.82, 2.24) is 0 Å². The lowest BCUT2D eigenvalue weighted by molar-refractivity contribution is -0.114. The molecule has 1 aromatic rings. The fourth-order valence-electron chi connectivity index (χ4n) is 10.3. The van der Waals surface area contributed by atoms with Gasteiger partial charge in [0.25, 0.3) is 0 Å². The summed E-state index contributed by atoms with van der Waals surface area (Å²) in [6, 6.07) is 5.65. The zero-order chi connectivity index (χ0) is 26.2. The molecule has 0 spiro atoms. The van der Waals surface area contributed by atoms with E-state index in [1.807, 2.05) is 18.4 Å². The van der Waals surface area contributed by atoms with Crippen molar-refractivity contribution in [3.63, 3.8) is 0 Å². The monoisotopic (exact) mass is 506 g/mol. The highest BCUT2D eigenvalue weighted by molar-refractivity contribution is 5.56. The highest BCUT2D eigenvalue weighted by atomic mass is 16.5. The second-order valence-corrected chi connectivity index (χ2v) is 14.2. The zero-order valence-electron chi connectivity index (χ0n) is 24.2. The van der Waals surface area contributed by atoms with Gasteiger partial charge in [0, 0.05) is 16.9 Å². The lowest BCUT2D eigenvalue weighted by Gasteiger charge is -2.61. The largest absolute Gasteiger partial charge is 0.496 e. The number of anilines is 2. The Hall–Kier alpha value is -1.64. The first-order chi connectivity index (χ1) is 17.7. The number of nitrogens with two attached hydrogens (primary N) is 2. The summed E-state index contributed by atoms with van der Waals surface area (Å²) in [5.74, 6) is 5.82. The van der Waals surface area contributed by atoms with Gasteiger partial charge in [-0.05, 0) is 135 Å². The number of benzene rings is 1. The number of nitrogen functional groups attached to an aromatic ring is 2. The molecule has 0 heterocycles. The number of hydrogen-bond acceptors (Lipinski definition) is 3.